The maximum atomic E-state index is 13.4. The van der Waals surface area contributed by atoms with Crippen LogP contribution in [-0.2, 0) is 26.8 Å². The number of urea groups is 1. The molecule has 37 heavy (non-hydrogen) atoms. The summed E-state index contributed by atoms with van der Waals surface area (Å²) < 4.78 is 33.5. The third kappa shape index (κ3) is 5.17. The van der Waals surface area contributed by atoms with Crippen LogP contribution in [-0.4, -0.2) is 72.0 Å². The van der Waals surface area contributed by atoms with Crippen molar-refractivity contribution < 1.29 is 17.9 Å². The Labute approximate surface area is 218 Å². The maximum absolute atomic E-state index is 13.4. The van der Waals surface area contributed by atoms with Gasteiger partial charge in [-0.05, 0) is 58.1 Å². The molecule has 3 aliphatic heterocycles. The summed E-state index contributed by atoms with van der Waals surface area (Å²) >= 11 is 0. The smallest absolute Gasteiger partial charge is 0.318 e. The Morgan fingerprint density at radius 1 is 1.14 bits per heavy atom. The molecule has 5 rings (SSSR count). The van der Waals surface area contributed by atoms with Gasteiger partial charge in [0.1, 0.15) is 0 Å². The molecule has 1 aromatic heterocycles. The molecule has 0 bridgehead atoms. The number of carbonyl (C=O) groups is 1. The molecule has 1 aromatic carbocycles. The van der Waals surface area contributed by atoms with E-state index in [2.05, 4.69) is 15.6 Å². The number of benzene rings is 1. The van der Waals surface area contributed by atoms with Crippen LogP contribution in [0.5, 0.6) is 0 Å². The van der Waals surface area contributed by atoms with E-state index in [1.807, 2.05) is 26.1 Å². The molecule has 2 N–H and O–H groups in total. The number of ether oxygens (including phenoxy) is 1. The van der Waals surface area contributed by atoms with E-state index in [0.717, 1.165) is 49.3 Å². The van der Waals surface area contributed by atoms with E-state index in [4.69, 9.17) is 9.72 Å². The van der Waals surface area contributed by atoms with Crippen LogP contribution in [0.25, 0.3) is 0 Å². The predicted octanol–water partition coefficient (Wildman–Crippen LogP) is 2.99. The highest BCUT2D eigenvalue weighted by Crippen LogP contribution is 2.38. The van der Waals surface area contributed by atoms with Gasteiger partial charge in [0.2, 0.25) is 16.0 Å². The summed E-state index contributed by atoms with van der Waals surface area (Å²) in [5.41, 5.74) is 1.89. The van der Waals surface area contributed by atoms with Crippen LogP contribution in [0, 0.1) is 6.92 Å². The maximum Gasteiger partial charge on any atom is 0.318 e. The minimum absolute atomic E-state index is 0.220. The first kappa shape index (κ1) is 25.9. The third-order valence-electron chi connectivity index (χ3n) is 7.73. The van der Waals surface area contributed by atoms with Crippen LogP contribution in [0.1, 0.15) is 56.4 Å². The van der Waals surface area contributed by atoms with Gasteiger partial charge in [-0.1, -0.05) is 18.2 Å². The molecule has 3 aliphatic rings. The van der Waals surface area contributed by atoms with Gasteiger partial charge in [0, 0.05) is 50.1 Å². The van der Waals surface area contributed by atoms with E-state index in [-0.39, 0.29) is 24.7 Å². The molecule has 200 valence electrons. The first-order chi connectivity index (χ1) is 17.7. The van der Waals surface area contributed by atoms with Crippen molar-refractivity contribution in [2.45, 2.75) is 75.5 Å². The number of aryl methyl sites for hydroxylation is 1. The van der Waals surface area contributed by atoms with E-state index in [1.165, 1.54) is 4.31 Å². The monoisotopic (exact) mass is 528 g/mol. The zero-order valence-electron chi connectivity index (χ0n) is 21.7. The number of anilines is 1. The Kier molecular flexibility index (Phi) is 7.12. The van der Waals surface area contributed by atoms with Crippen molar-refractivity contribution in [3.8, 4) is 0 Å². The molecule has 2 amide bonds. The molecule has 0 radical (unpaired) electrons. The number of rotatable bonds is 5. The third-order valence-corrected chi connectivity index (χ3v) is 9.76. The fourth-order valence-electron chi connectivity index (χ4n) is 5.48. The number of hydrogen-bond donors (Lipinski definition) is 2. The average Bonchev–Trinajstić information content (AvgIpc) is 3.15. The van der Waals surface area contributed by atoms with E-state index < -0.39 is 15.6 Å². The summed E-state index contributed by atoms with van der Waals surface area (Å²) in [5.74, 6) is 0.577. The van der Waals surface area contributed by atoms with Gasteiger partial charge < -0.3 is 20.3 Å². The predicted molar refractivity (Wildman–Crippen MR) is 140 cm³/mol. The summed E-state index contributed by atoms with van der Waals surface area (Å²) in [5, 5.41) is 6.50. The quantitative estimate of drug-likeness (QED) is 0.613. The minimum Gasteiger partial charge on any atom is -0.381 e. The molecule has 1 atom stereocenters. The van der Waals surface area contributed by atoms with E-state index in [1.54, 1.807) is 30.0 Å². The van der Waals surface area contributed by atoms with Crippen LogP contribution >= 0.6 is 0 Å². The first-order valence-corrected chi connectivity index (χ1v) is 14.4. The number of nitrogens with one attached hydrogen (secondary N) is 2. The topological polar surface area (TPSA) is 117 Å². The van der Waals surface area contributed by atoms with Crippen molar-refractivity contribution in [2.24, 2.45) is 0 Å². The number of carbonyl (C=O) groups excluding carboxylic acids is 1. The Morgan fingerprint density at radius 3 is 2.65 bits per heavy atom. The molecular formula is C26H36N6O4S. The fraction of sp³-hybridized carbons (Fsp3) is 0.577. The Morgan fingerprint density at radius 2 is 1.89 bits per heavy atom. The molecule has 0 unspecified atom stereocenters. The lowest BCUT2D eigenvalue weighted by Crippen LogP contribution is -2.54. The van der Waals surface area contributed by atoms with Crippen LogP contribution in [0.15, 0.2) is 35.4 Å². The van der Waals surface area contributed by atoms with Crippen molar-refractivity contribution in [3.63, 3.8) is 0 Å². The number of fused-ring (bicyclic) bond motifs is 1. The molecule has 2 saturated heterocycles. The highest BCUT2D eigenvalue weighted by atomic mass is 32.2. The summed E-state index contributed by atoms with van der Waals surface area (Å²) in [6, 6.07) is 6.81. The molecule has 10 nitrogen and oxygen atoms in total. The molecule has 4 heterocycles. The summed E-state index contributed by atoms with van der Waals surface area (Å²) in [6.07, 6.45) is 5.06. The van der Waals surface area contributed by atoms with Crippen molar-refractivity contribution in [3.05, 3.63) is 47.3 Å². The van der Waals surface area contributed by atoms with Gasteiger partial charge in [-0.15, -0.1) is 0 Å². The molecule has 0 spiro atoms. The Balaban J connectivity index is 1.25. The highest BCUT2D eigenvalue weighted by Gasteiger charge is 2.43. The van der Waals surface area contributed by atoms with Crippen LogP contribution < -0.4 is 10.6 Å². The van der Waals surface area contributed by atoms with Gasteiger partial charge in [-0.3, -0.25) is 0 Å². The van der Waals surface area contributed by atoms with Crippen molar-refractivity contribution in [1.29, 1.82) is 0 Å². The molecule has 2 fully saturated rings. The van der Waals surface area contributed by atoms with Gasteiger partial charge in [0.25, 0.3) is 0 Å². The fourth-order valence-corrected chi connectivity index (χ4v) is 7.23. The number of hydrogen-bond acceptors (Lipinski definition) is 7. The van der Waals surface area contributed by atoms with Crippen molar-refractivity contribution in [2.75, 3.05) is 31.6 Å². The number of amides is 2. The molecule has 0 saturated carbocycles. The second-order valence-corrected chi connectivity index (χ2v) is 12.6. The van der Waals surface area contributed by atoms with Crippen molar-refractivity contribution in [1.82, 2.24) is 24.5 Å². The van der Waals surface area contributed by atoms with Gasteiger partial charge in [-0.25, -0.2) is 23.2 Å². The summed E-state index contributed by atoms with van der Waals surface area (Å²) in [6.45, 7) is 8.31. The van der Waals surface area contributed by atoms with Gasteiger partial charge in [0.15, 0.2) is 0 Å². The van der Waals surface area contributed by atoms with Crippen molar-refractivity contribution >= 4 is 22.0 Å². The lowest BCUT2D eigenvalue weighted by Gasteiger charge is -2.36. The highest BCUT2D eigenvalue weighted by molar-refractivity contribution is 7.89. The Hall–Kier alpha value is -2.76. The summed E-state index contributed by atoms with van der Waals surface area (Å²) in [4.78, 5) is 24.8. The molecule has 2 aromatic rings. The number of piperidine rings is 1. The number of aromatic nitrogens is 2. The van der Waals surface area contributed by atoms with E-state index in [0.29, 0.717) is 30.4 Å². The zero-order valence-corrected chi connectivity index (χ0v) is 22.6. The summed E-state index contributed by atoms with van der Waals surface area (Å²) in [7, 11) is -3.63. The van der Waals surface area contributed by atoms with E-state index >= 15 is 0 Å². The second kappa shape index (κ2) is 10.2. The number of nitrogens with zero attached hydrogens (tertiary/aromatic N) is 4. The van der Waals surface area contributed by atoms with Crippen LogP contribution in [0.3, 0.4) is 0 Å². The lowest BCUT2D eigenvalue weighted by molar-refractivity contribution is 0.0903. The average molecular weight is 529 g/mol. The SMILES string of the molecule is Cc1ccccc1S(=O)(=O)N1CCC[C@@H](NC(=O)N2Cc3nc(NC4CCOCC4)ncc3C2(C)C)C1. The van der Waals surface area contributed by atoms with Crippen LogP contribution in [0.4, 0.5) is 10.7 Å². The van der Waals surface area contributed by atoms with Gasteiger partial charge in [0.05, 0.1) is 22.7 Å². The largest absolute Gasteiger partial charge is 0.381 e. The van der Waals surface area contributed by atoms with Gasteiger partial charge in [-0.2, -0.15) is 4.31 Å². The molecule has 11 heteroatoms. The Bertz CT molecular complexity index is 1260. The molecular weight excluding hydrogens is 492 g/mol. The minimum atomic E-state index is -3.63. The first-order valence-electron chi connectivity index (χ1n) is 13.0. The zero-order chi connectivity index (χ0) is 26.2. The number of sulfonamides is 1. The second-order valence-electron chi connectivity index (χ2n) is 10.6. The normalized spacial score (nSPS) is 22.5. The van der Waals surface area contributed by atoms with E-state index in [9.17, 15) is 13.2 Å². The van der Waals surface area contributed by atoms with Crippen LogP contribution in [0.2, 0.25) is 0 Å². The molecule has 0 aliphatic carbocycles. The lowest BCUT2D eigenvalue weighted by atomic mass is 9.97. The van der Waals surface area contributed by atoms with Gasteiger partial charge >= 0.3 is 6.03 Å². The standard InChI is InChI=1S/C26H36N6O4S/c1-18-7-4-5-9-23(18)37(34,35)31-12-6-8-20(16-31)29-25(33)32-17-22-21(26(32,2)3)15-27-24(30-22)28-19-10-13-36-14-11-19/h4-5,7,9,15,19-20H,6,8,10-14,16-17H2,1-3H3,(H,29,33)(H,27,28,30)/t20-/m1/s1.